The maximum atomic E-state index is 11.4. The Hall–Kier alpha value is -1.64. The fourth-order valence-corrected chi connectivity index (χ4v) is 1.92. The molecule has 1 N–H and O–H groups in total. The highest BCUT2D eigenvalue weighted by Gasteiger charge is 2.16. The van der Waals surface area contributed by atoms with Gasteiger partial charge in [-0.05, 0) is 18.4 Å². The number of ether oxygens (including phenoxy) is 1. The second-order valence-corrected chi connectivity index (χ2v) is 4.34. The van der Waals surface area contributed by atoms with E-state index in [1.807, 2.05) is 6.07 Å². The Morgan fingerprint density at radius 2 is 2.17 bits per heavy atom. The van der Waals surface area contributed by atoms with Gasteiger partial charge in [0.15, 0.2) is 5.57 Å². The van der Waals surface area contributed by atoms with Crippen molar-refractivity contribution in [3.63, 3.8) is 0 Å². The minimum atomic E-state index is -0.679. The smallest absolute Gasteiger partial charge is 0.351 e. The number of para-hydroxylation sites is 1. The summed E-state index contributed by atoms with van der Waals surface area (Å²) in [6.45, 7) is 0. The molecule has 6 heteroatoms. The molecule has 18 heavy (non-hydrogen) atoms. The summed E-state index contributed by atoms with van der Waals surface area (Å²) in [7, 11) is 1.23. The number of methoxy groups -OCH3 is 1. The number of anilines is 1. The minimum Gasteiger partial charge on any atom is -0.465 e. The van der Waals surface area contributed by atoms with E-state index in [1.54, 1.807) is 30.5 Å². The first-order valence-corrected chi connectivity index (χ1v) is 6.52. The zero-order valence-corrected chi connectivity index (χ0v) is 11.4. The number of nitrogens with one attached hydrogen (secondary N) is 1. The van der Waals surface area contributed by atoms with Gasteiger partial charge in [0.05, 0.1) is 22.8 Å². The largest absolute Gasteiger partial charge is 0.465 e. The van der Waals surface area contributed by atoms with Gasteiger partial charge in [0.25, 0.3) is 0 Å². The first kappa shape index (κ1) is 14.4. The predicted molar refractivity (Wildman–Crippen MR) is 73.2 cm³/mol. The lowest BCUT2D eigenvalue weighted by molar-refractivity contribution is -0.135. The van der Waals surface area contributed by atoms with Crippen molar-refractivity contribution in [2.75, 3.05) is 18.7 Å². The molecule has 0 saturated carbocycles. The summed E-state index contributed by atoms with van der Waals surface area (Å²) in [5.74, 6) is -0.679. The van der Waals surface area contributed by atoms with E-state index in [4.69, 9.17) is 16.9 Å². The maximum absolute atomic E-state index is 11.4. The van der Waals surface area contributed by atoms with Crippen LogP contribution >= 0.6 is 23.4 Å². The molecule has 94 valence electrons. The Labute approximate surface area is 115 Å². The Morgan fingerprint density at radius 1 is 1.50 bits per heavy atom. The van der Waals surface area contributed by atoms with E-state index in [0.717, 1.165) is 0 Å². The van der Waals surface area contributed by atoms with Crippen molar-refractivity contribution >= 4 is 35.0 Å². The number of benzene rings is 1. The Balaban J connectivity index is 3.12. The topological polar surface area (TPSA) is 62.1 Å². The van der Waals surface area contributed by atoms with Crippen LogP contribution in [0.2, 0.25) is 5.02 Å². The lowest BCUT2D eigenvalue weighted by atomic mass is 10.3. The molecule has 0 radical (unpaired) electrons. The van der Waals surface area contributed by atoms with Crippen molar-refractivity contribution in [1.82, 2.24) is 0 Å². The van der Waals surface area contributed by atoms with Crippen LogP contribution in [0, 0.1) is 11.3 Å². The summed E-state index contributed by atoms with van der Waals surface area (Å²) in [6, 6.07) is 8.89. The van der Waals surface area contributed by atoms with Gasteiger partial charge in [0, 0.05) is 0 Å². The molecule has 0 heterocycles. The third-order valence-electron chi connectivity index (χ3n) is 2.05. The Bertz CT molecular complexity index is 523. The van der Waals surface area contributed by atoms with Crippen LogP contribution in [0.4, 0.5) is 5.69 Å². The van der Waals surface area contributed by atoms with Gasteiger partial charge in [-0.25, -0.2) is 4.79 Å². The molecule has 1 rings (SSSR count). The minimum absolute atomic E-state index is 0.0788. The monoisotopic (exact) mass is 282 g/mol. The van der Waals surface area contributed by atoms with Gasteiger partial charge < -0.3 is 10.1 Å². The van der Waals surface area contributed by atoms with Crippen LogP contribution in [0.5, 0.6) is 0 Å². The number of esters is 1. The maximum Gasteiger partial charge on any atom is 0.351 e. The second-order valence-electron chi connectivity index (χ2n) is 3.12. The number of nitrogens with zero attached hydrogens (tertiary/aromatic N) is 1. The van der Waals surface area contributed by atoms with E-state index in [1.165, 1.54) is 18.9 Å². The van der Waals surface area contributed by atoms with Crippen LogP contribution in [0.3, 0.4) is 0 Å². The lowest BCUT2D eigenvalue weighted by Crippen LogP contribution is -2.09. The van der Waals surface area contributed by atoms with Crippen molar-refractivity contribution in [2.24, 2.45) is 0 Å². The number of hydrogen-bond donors (Lipinski definition) is 1. The summed E-state index contributed by atoms with van der Waals surface area (Å²) in [5.41, 5.74) is 0.546. The standard InChI is InChI=1S/C12H11ClN2O2S/c1-17-12(16)8(7-14)11(18-2)15-10-6-4-3-5-9(10)13/h3-6,15H,1-2H3/b11-8-. The number of thioether (sulfide) groups is 1. The van der Waals surface area contributed by atoms with Gasteiger partial charge in [-0.15, -0.1) is 11.8 Å². The predicted octanol–water partition coefficient (Wildman–Crippen LogP) is 3.02. The van der Waals surface area contributed by atoms with Crippen LogP contribution in [0.15, 0.2) is 34.9 Å². The average molecular weight is 283 g/mol. The van der Waals surface area contributed by atoms with Crippen LogP contribution in [-0.2, 0) is 9.53 Å². The van der Waals surface area contributed by atoms with E-state index in [-0.39, 0.29) is 5.57 Å². The van der Waals surface area contributed by atoms with E-state index >= 15 is 0 Å². The zero-order valence-electron chi connectivity index (χ0n) is 9.86. The van der Waals surface area contributed by atoms with Gasteiger partial charge in [-0.1, -0.05) is 23.7 Å². The Kier molecular flexibility index (Phi) is 5.56. The van der Waals surface area contributed by atoms with Crippen LogP contribution in [-0.4, -0.2) is 19.3 Å². The number of rotatable bonds is 4. The highest BCUT2D eigenvalue weighted by molar-refractivity contribution is 8.02. The molecule has 0 aliphatic heterocycles. The average Bonchev–Trinajstić information content (AvgIpc) is 2.40. The van der Waals surface area contributed by atoms with Crippen molar-refractivity contribution in [1.29, 1.82) is 5.26 Å². The van der Waals surface area contributed by atoms with Crippen molar-refractivity contribution in [2.45, 2.75) is 0 Å². The molecular weight excluding hydrogens is 272 g/mol. The molecular formula is C12H11ClN2O2S. The molecule has 1 aromatic carbocycles. The van der Waals surface area contributed by atoms with E-state index < -0.39 is 5.97 Å². The molecule has 0 aliphatic rings. The molecule has 0 amide bonds. The third-order valence-corrected chi connectivity index (χ3v) is 3.10. The first-order chi connectivity index (χ1) is 8.63. The normalized spacial score (nSPS) is 11.2. The molecule has 0 fully saturated rings. The van der Waals surface area contributed by atoms with Gasteiger partial charge in [0.2, 0.25) is 0 Å². The molecule has 0 bridgehead atoms. The number of nitriles is 1. The highest BCUT2D eigenvalue weighted by atomic mass is 35.5. The fraction of sp³-hybridized carbons (Fsp3) is 0.167. The third kappa shape index (κ3) is 3.42. The number of carbonyl (C=O) groups excluding carboxylic acids is 1. The highest BCUT2D eigenvalue weighted by Crippen LogP contribution is 2.26. The van der Waals surface area contributed by atoms with E-state index in [9.17, 15) is 4.79 Å². The molecule has 0 spiro atoms. The van der Waals surface area contributed by atoms with Crippen LogP contribution in [0.1, 0.15) is 0 Å². The van der Waals surface area contributed by atoms with Gasteiger partial charge >= 0.3 is 5.97 Å². The Morgan fingerprint density at radius 3 is 2.67 bits per heavy atom. The summed E-state index contributed by atoms with van der Waals surface area (Å²) in [4.78, 5) is 11.4. The summed E-state index contributed by atoms with van der Waals surface area (Å²) >= 11 is 7.23. The molecule has 0 aliphatic carbocycles. The van der Waals surface area contributed by atoms with Gasteiger partial charge in [0.1, 0.15) is 6.07 Å². The zero-order chi connectivity index (χ0) is 13.5. The molecule has 0 unspecified atom stereocenters. The van der Waals surface area contributed by atoms with E-state index in [2.05, 4.69) is 10.1 Å². The first-order valence-electron chi connectivity index (χ1n) is 4.92. The number of hydrogen-bond acceptors (Lipinski definition) is 5. The summed E-state index contributed by atoms with van der Waals surface area (Å²) < 4.78 is 4.55. The number of carbonyl (C=O) groups is 1. The van der Waals surface area contributed by atoms with Crippen LogP contribution in [0.25, 0.3) is 0 Å². The van der Waals surface area contributed by atoms with Crippen LogP contribution < -0.4 is 5.32 Å². The molecule has 0 atom stereocenters. The molecule has 4 nitrogen and oxygen atoms in total. The van der Waals surface area contributed by atoms with Gasteiger partial charge in [-0.2, -0.15) is 5.26 Å². The van der Waals surface area contributed by atoms with Crippen molar-refractivity contribution in [3.8, 4) is 6.07 Å². The SMILES string of the molecule is COC(=O)/C(C#N)=C(/Nc1ccccc1Cl)SC. The van der Waals surface area contributed by atoms with Crippen molar-refractivity contribution in [3.05, 3.63) is 39.9 Å². The quantitative estimate of drug-likeness (QED) is 0.522. The van der Waals surface area contributed by atoms with Crippen molar-refractivity contribution < 1.29 is 9.53 Å². The van der Waals surface area contributed by atoms with E-state index in [0.29, 0.717) is 15.7 Å². The van der Waals surface area contributed by atoms with Gasteiger partial charge in [-0.3, -0.25) is 0 Å². The number of halogens is 1. The fourth-order valence-electron chi connectivity index (χ4n) is 1.19. The molecule has 0 saturated heterocycles. The molecule has 1 aromatic rings. The molecule has 0 aromatic heterocycles. The lowest BCUT2D eigenvalue weighted by Gasteiger charge is -2.11. The second kappa shape index (κ2) is 6.94. The summed E-state index contributed by atoms with van der Waals surface area (Å²) in [5, 5.41) is 12.8. The summed E-state index contributed by atoms with van der Waals surface area (Å²) in [6.07, 6.45) is 1.75.